The van der Waals surface area contributed by atoms with E-state index in [1.165, 1.54) is 26.2 Å². The van der Waals surface area contributed by atoms with Gasteiger partial charge in [-0.2, -0.15) is 0 Å². The van der Waals surface area contributed by atoms with Crippen molar-refractivity contribution in [3.8, 4) is 23.0 Å². The molecule has 0 aliphatic carbocycles. The third-order valence-corrected chi connectivity index (χ3v) is 6.42. The maximum Gasteiger partial charge on any atom is 0.291 e. The molecule has 0 aromatic heterocycles. The summed E-state index contributed by atoms with van der Waals surface area (Å²) in [6, 6.07) is 7.60. The summed E-state index contributed by atoms with van der Waals surface area (Å²) in [7, 11) is 9.89. The zero-order valence-electron chi connectivity index (χ0n) is 21.9. The van der Waals surface area contributed by atoms with Crippen LogP contribution in [0, 0.1) is 12.8 Å². The lowest BCUT2D eigenvalue weighted by molar-refractivity contribution is -0.140. The number of rotatable bonds is 11. The van der Waals surface area contributed by atoms with Crippen LogP contribution in [0.15, 0.2) is 30.3 Å². The zero-order valence-corrected chi connectivity index (χ0v) is 21.9. The van der Waals surface area contributed by atoms with Crippen LogP contribution >= 0.6 is 0 Å². The van der Waals surface area contributed by atoms with Gasteiger partial charge >= 0.3 is 0 Å². The molecule has 3 rings (SSSR count). The van der Waals surface area contributed by atoms with Crippen LogP contribution in [0.4, 0.5) is 0 Å². The Kier molecular flexibility index (Phi) is 8.57. The van der Waals surface area contributed by atoms with Crippen LogP contribution in [0.3, 0.4) is 0 Å². The topological polar surface area (TPSA) is 94.6 Å². The Bertz CT molecular complexity index is 1120. The summed E-state index contributed by atoms with van der Waals surface area (Å²) < 4.78 is 21.7. The summed E-state index contributed by atoms with van der Waals surface area (Å²) in [6.45, 7) is 2.81. The fourth-order valence-corrected chi connectivity index (χ4v) is 4.64. The van der Waals surface area contributed by atoms with E-state index >= 15 is 0 Å². The van der Waals surface area contributed by atoms with Crippen LogP contribution in [0.25, 0.3) is 0 Å². The number of methoxy groups -OCH3 is 4. The molecule has 2 unspecified atom stereocenters. The van der Waals surface area contributed by atoms with Crippen molar-refractivity contribution >= 4 is 17.5 Å². The van der Waals surface area contributed by atoms with E-state index in [2.05, 4.69) is 0 Å². The molecule has 0 radical (unpaired) electrons. The van der Waals surface area contributed by atoms with Crippen molar-refractivity contribution in [2.24, 2.45) is 5.92 Å². The molecule has 0 N–H and O–H groups in total. The number of hydrogen-bond acceptors (Lipinski definition) is 8. The van der Waals surface area contributed by atoms with Crippen LogP contribution < -0.4 is 18.9 Å². The minimum Gasteiger partial charge on any atom is -0.497 e. The smallest absolute Gasteiger partial charge is 0.291 e. The SMILES string of the molecule is COc1ccc(C(=O)C2C(=O)C(=O)N(CCCN(C)C)C2c2cc(OC)c(OC)c(OC)c2)c(C)c1. The first-order chi connectivity index (χ1) is 17.2. The first-order valence-electron chi connectivity index (χ1n) is 11.7. The van der Waals surface area contributed by atoms with Crippen LogP contribution in [0.1, 0.15) is 33.9 Å². The number of carbonyl (C=O) groups excluding carboxylic acids is 3. The van der Waals surface area contributed by atoms with Crippen molar-refractivity contribution in [3.63, 3.8) is 0 Å². The average molecular weight is 499 g/mol. The molecule has 2 aromatic rings. The summed E-state index contributed by atoms with van der Waals surface area (Å²) in [6.07, 6.45) is 0.634. The average Bonchev–Trinajstić information content (AvgIpc) is 3.12. The second-order valence-electron chi connectivity index (χ2n) is 8.95. The summed E-state index contributed by atoms with van der Waals surface area (Å²) in [5.74, 6) is -1.29. The van der Waals surface area contributed by atoms with Gasteiger partial charge in [0.2, 0.25) is 11.5 Å². The van der Waals surface area contributed by atoms with Crippen molar-refractivity contribution < 1.29 is 33.3 Å². The zero-order chi connectivity index (χ0) is 26.6. The molecule has 0 saturated carbocycles. The summed E-state index contributed by atoms with van der Waals surface area (Å²) in [5, 5.41) is 0. The van der Waals surface area contributed by atoms with Gasteiger partial charge in [-0.1, -0.05) is 0 Å². The number of benzene rings is 2. The second kappa shape index (κ2) is 11.4. The highest BCUT2D eigenvalue weighted by Crippen LogP contribution is 2.45. The molecule has 1 amide bonds. The number of amides is 1. The van der Waals surface area contributed by atoms with E-state index in [0.29, 0.717) is 52.7 Å². The molecule has 36 heavy (non-hydrogen) atoms. The molecule has 1 aliphatic heterocycles. The first kappa shape index (κ1) is 27.0. The molecule has 2 aromatic carbocycles. The van der Waals surface area contributed by atoms with Gasteiger partial charge in [-0.15, -0.1) is 0 Å². The number of ether oxygens (including phenoxy) is 4. The third kappa shape index (κ3) is 5.16. The standard InChI is InChI=1S/C27H34N2O7/c1-16-13-18(33-4)9-10-19(16)24(30)22-23(29(27(32)25(22)31)12-8-11-28(2)3)17-14-20(34-5)26(36-7)21(15-17)35-6/h9-10,13-15,22-23H,8,11-12H2,1-7H3. The van der Waals surface area contributed by atoms with Crippen molar-refractivity contribution in [2.45, 2.75) is 19.4 Å². The van der Waals surface area contributed by atoms with Gasteiger partial charge < -0.3 is 28.7 Å². The lowest BCUT2D eigenvalue weighted by atomic mass is 9.84. The maximum absolute atomic E-state index is 13.8. The molecule has 194 valence electrons. The Labute approximate surface area is 211 Å². The predicted octanol–water partition coefficient (Wildman–Crippen LogP) is 2.93. The molecule has 9 heteroatoms. The largest absolute Gasteiger partial charge is 0.497 e. The van der Waals surface area contributed by atoms with Gasteiger partial charge in [-0.25, -0.2) is 0 Å². The van der Waals surface area contributed by atoms with E-state index in [0.717, 1.165) is 6.54 Å². The van der Waals surface area contributed by atoms with Gasteiger partial charge in [0.15, 0.2) is 17.3 Å². The Morgan fingerprint density at radius 2 is 1.58 bits per heavy atom. The second-order valence-corrected chi connectivity index (χ2v) is 8.95. The normalized spacial score (nSPS) is 17.5. The van der Waals surface area contributed by atoms with Crippen molar-refractivity contribution in [2.75, 3.05) is 55.6 Å². The number of carbonyl (C=O) groups is 3. The van der Waals surface area contributed by atoms with Gasteiger partial charge in [0, 0.05) is 12.1 Å². The number of ketones is 2. The van der Waals surface area contributed by atoms with Crippen LogP contribution in [-0.2, 0) is 9.59 Å². The molecular weight excluding hydrogens is 464 g/mol. The van der Waals surface area contributed by atoms with E-state index in [9.17, 15) is 14.4 Å². The van der Waals surface area contributed by atoms with E-state index < -0.39 is 29.4 Å². The fraction of sp³-hybridized carbons (Fsp3) is 0.444. The lowest BCUT2D eigenvalue weighted by Gasteiger charge is -2.29. The molecule has 1 fully saturated rings. The molecular formula is C27H34N2O7. The number of Topliss-reactive ketones (excluding diaryl/α,β-unsaturated/α-hetero) is 2. The van der Waals surface area contributed by atoms with Gasteiger partial charge in [0.05, 0.1) is 34.5 Å². The summed E-state index contributed by atoms with van der Waals surface area (Å²) in [5.41, 5.74) is 1.59. The van der Waals surface area contributed by atoms with E-state index in [4.69, 9.17) is 18.9 Å². The number of hydrogen-bond donors (Lipinski definition) is 0. The number of likely N-dealkylation sites (tertiary alicyclic amines) is 1. The Morgan fingerprint density at radius 3 is 2.08 bits per heavy atom. The lowest BCUT2D eigenvalue weighted by Crippen LogP contribution is -2.33. The van der Waals surface area contributed by atoms with Crippen molar-refractivity contribution in [3.05, 3.63) is 47.0 Å². The number of aryl methyl sites for hydroxylation is 1. The predicted molar refractivity (Wildman–Crippen MR) is 134 cm³/mol. The van der Waals surface area contributed by atoms with Gasteiger partial charge in [-0.05, 0) is 75.4 Å². The van der Waals surface area contributed by atoms with Crippen molar-refractivity contribution in [1.29, 1.82) is 0 Å². The highest BCUT2D eigenvalue weighted by molar-refractivity contribution is 6.44. The summed E-state index contributed by atoms with van der Waals surface area (Å²) in [4.78, 5) is 43.9. The highest BCUT2D eigenvalue weighted by Gasteiger charge is 2.52. The first-order valence-corrected chi connectivity index (χ1v) is 11.7. The van der Waals surface area contributed by atoms with Gasteiger partial charge in [-0.3, -0.25) is 14.4 Å². The van der Waals surface area contributed by atoms with E-state index in [1.807, 2.05) is 19.0 Å². The molecule has 9 nitrogen and oxygen atoms in total. The molecule has 0 bridgehead atoms. The Hall–Kier alpha value is -3.59. The van der Waals surface area contributed by atoms with Crippen LogP contribution in [-0.4, -0.2) is 82.9 Å². The quantitative estimate of drug-likeness (QED) is 0.265. The number of nitrogens with zero attached hydrogens (tertiary/aromatic N) is 2. The molecule has 1 aliphatic rings. The maximum atomic E-state index is 13.8. The van der Waals surface area contributed by atoms with Gasteiger partial charge in [0.25, 0.3) is 5.91 Å². The molecule has 1 heterocycles. The van der Waals surface area contributed by atoms with Crippen LogP contribution in [0.5, 0.6) is 23.0 Å². The van der Waals surface area contributed by atoms with Crippen molar-refractivity contribution in [1.82, 2.24) is 9.80 Å². The van der Waals surface area contributed by atoms with E-state index in [-0.39, 0.29) is 0 Å². The monoisotopic (exact) mass is 498 g/mol. The fourth-order valence-electron chi connectivity index (χ4n) is 4.64. The third-order valence-electron chi connectivity index (χ3n) is 6.42. The molecule has 1 saturated heterocycles. The molecule has 0 spiro atoms. The molecule has 2 atom stereocenters. The van der Waals surface area contributed by atoms with E-state index in [1.54, 1.807) is 44.4 Å². The van der Waals surface area contributed by atoms with Crippen LogP contribution in [0.2, 0.25) is 0 Å². The minimum absolute atomic E-state index is 0.315. The Morgan fingerprint density at radius 1 is 0.944 bits per heavy atom. The summed E-state index contributed by atoms with van der Waals surface area (Å²) >= 11 is 0. The highest BCUT2D eigenvalue weighted by atomic mass is 16.5. The Balaban J connectivity index is 2.15. The van der Waals surface area contributed by atoms with Gasteiger partial charge in [0.1, 0.15) is 11.7 Å². The minimum atomic E-state index is -1.22.